The second-order valence-electron chi connectivity index (χ2n) is 10.3. The van der Waals surface area contributed by atoms with Gasteiger partial charge in [-0.15, -0.1) is 0 Å². The van der Waals surface area contributed by atoms with Crippen LogP contribution < -0.4 is 16.0 Å². The Morgan fingerprint density at radius 3 is 1.93 bits per heavy atom. The number of amides is 2. The number of carbonyl (C=O) groups excluding carboxylic acids is 4. The summed E-state index contributed by atoms with van der Waals surface area (Å²) in [4.78, 5) is 52.3. The SMILES string of the molecule is CCNCC(=O)N[C@@H](CC(=O)OCc1ccccc1)C(=O)N[C@@H](Cc1ccc2ccccc2c1)C(=O)OCc1ccccc1. The van der Waals surface area contributed by atoms with E-state index in [1.807, 2.05) is 110 Å². The van der Waals surface area contributed by atoms with Crippen LogP contribution in [0.25, 0.3) is 10.8 Å². The highest BCUT2D eigenvalue weighted by Gasteiger charge is 2.30. The standard InChI is InChI=1S/C35H37N3O6/c1-2-36-22-32(39)37-30(21-33(40)43-23-25-11-5-3-6-12-25)34(41)38-31(35(42)44-24-26-13-7-4-8-14-26)20-27-17-18-28-15-9-10-16-29(28)19-27/h3-19,30-31,36H,2,20-24H2,1H3,(H,37,39)(H,38,41)/t30-,31-/m0/s1. The van der Waals surface area contributed by atoms with E-state index >= 15 is 0 Å². The normalized spacial score (nSPS) is 12.1. The fourth-order valence-electron chi connectivity index (χ4n) is 4.55. The van der Waals surface area contributed by atoms with E-state index in [1.165, 1.54) is 0 Å². The molecule has 4 rings (SSSR count). The number of esters is 2. The molecule has 0 heterocycles. The molecule has 0 aliphatic heterocycles. The lowest BCUT2D eigenvalue weighted by molar-refractivity contribution is -0.150. The summed E-state index contributed by atoms with van der Waals surface area (Å²) in [6.45, 7) is 2.40. The highest BCUT2D eigenvalue weighted by atomic mass is 16.5. The third-order valence-electron chi connectivity index (χ3n) is 6.88. The smallest absolute Gasteiger partial charge is 0.329 e. The van der Waals surface area contributed by atoms with Gasteiger partial charge < -0.3 is 25.4 Å². The van der Waals surface area contributed by atoms with Gasteiger partial charge in [0.05, 0.1) is 13.0 Å². The predicted octanol–water partition coefficient (Wildman–Crippen LogP) is 3.84. The Kier molecular flexibility index (Phi) is 12.0. The molecule has 2 atom stereocenters. The zero-order chi connectivity index (χ0) is 31.1. The summed E-state index contributed by atoms with van der Waals surface area (Å²) in [5.74, 6) is -2.48. The van der Waals surface area contributed by atoms with Crippen molar-refractivity contribution < 1.29 is 28.7 Å². The molecule has 0 unspecified atom stereocenters. The zero-order valence-electron chi connectivity index (χ0n) is 24.7. The van der Waals surface area contributed by atoms with Gasteiger partial charge in [-0.05, 0) is 34.0 Å². The first-order valence-electron chi connectivity index (χ1n) is 14.6. The van der Waals surface area contributed by atoms with Crippen molar-refractivity contribution in [3.63, 3.8) is 0 Å². The molecule has 0 aromatic heterocycles. The number of fused-ring (bicyclic) bond motifs is 1. The molecule has 0 saturated carbocycles. The molecular formula is C35H37N3O6. The van der Waals surface area contributed by atoms with Gasteiger partial charge in [-0.2, -0.15) is 0 Å². The van der Waals surface area contributed by atoms with Gasteiger partial charge in [-0.1, -0.05) is 110 Å². The molecule has 9 heteroatoms. The lowest BCUT2D eigenvalue weighted by Gasteiger charge is -2.23. The first kappa shape index (κ1) is 31.9. The summed E-state index contributed by atoms with van der Waals surface area (Å²) >= 11 is 0. The zero-order valence-corrected chi connectivity index (χ0v) is 24.7. The van der Waals surface area contributed by atoms with E-state index in [0.717, 1.165) is 27.5 Å². The van der Waals surface area contributed by atoms with Crippen LogP contribution in [0.4, 0.5) is 0 Å². The second-order valence-corrected chi connectivity index (χ2v) is 10.3. The summed E-state index contributed by atoms with van der Waals surface area (Å²) in [6, 6.07) is 29.6. The molecule has 0 fully saturated rings. The van der Waals surface area contributed by atoms with Crippen molar-refractivity contribution >= 4 is 34.5 Å². The summed E-state index contributed by atoms with van der Waals surface area (Å²) in [5.41, 5.74) is 2.39. The van der Waals surface area contributed by atoms with E-state index in [9.17, 15) is 19.2 Å². The average molecular weight is 596 g/mol. The van der Waals surface area contributed by atoms with Gasteiger partial charge in [-0.3, -0.25) is 14.4 Å². The number of benzene rings is 4. The number of hydrogen-bond donors (Lipinski definition) is 3. The van der Waals surface area contributed by atoms with Crippen LogP contribution >= 0.6 is 0 Å². The van der Waals surface area contributed by atoms with Gasteiger partial charge in [0.2, 0.25) is 11.8 Å². The molecule has 228 valence electrons. The summed E-state index contributed by atoms with van der Waals surface area (Å²) in [6.07, 6.45) is -0.279. The van der Waals surface area contributed by atoms with Gasteiger partial charge in [0.1, 0.15) is 25.3 Å². The van der Waals surface area contributed by atoms with Crippen molar-refractivity contribution in [2.45, 2.75) is 45.1 Å². The Labute approximate surface area is 256 Å². The minimum absolute atomic E-state index is 0.0236. The lowest BCUT2D eigenvalue weighted by atomic mass is 10.0. The molecule has 0 aliphatic rings. The summed E-state index contributed by atoms with van der Waals surface area (Å²) in [7, 11) is 0. The maximum absolute atomic E-state index is 13.6. The van der Waals surface area contributed by atoms with Crippen molar-refractivity contribution in [1.29, 1.82) is 0 Å². The molecule has 4 aromatic carbocycles. The van der Waals surface area contributed by atoms with Crippen molar-refractivity contribution in [1.82, 2.24) is 16.0 Å². The Hall–Kier alpha value is -5.02. The topological polar surface area (TPSA) is 123 Å². The molecule has 0 spiro atoms. The van der Waals surface area contributed by atoms with Crippen LogP contribution in [0.15, 0.2) is 103 Å². The number of ether oxygens (including phenoxy) is 2. The van der Waals surface area contributed by atoms with Gasteiger partial charge in [-0.25, -0.2) is 4.79 Å². The third kappa shape index (κ3) is 10.1. The Balaban J connectivity index is 1.50. The van der Waals surface area contributed by atoms with Crippen molar-refractivity contribution in [2.24, 2.45) is 0 Å². The van der Waals surface area contributed by atoms with Gasteiger partial charge in [0.15, 0.2) is 0 Å². The fourth-order valence-corrected chi connectivity index (χ4v) is 4.55. The van der Waals surface area contributed by atoms with E-state index in [2.05, 4.69) is 16.0 Å². The molecule has 0 radical (unpaired) electrons. The van der Waals surface area contributed by atoms with E-state index in [4.69, 9.17) is 9.47 Å². The molecule has 44 heavy (non-hydrogen) atoms. The number of rotatable bonds is 15. The quantitative estimate of drug-likeness (QED) is 0.179. The van der Waals surface area contributed by atoms with Crippen LogP contribution in [-0.4, -0.2) is 48.9 Å². The van der Waals surface area contributed by atoms with E-state index in [1.54, 1.807) is 0 Å². The molecule has 0 saturated heterocycles. The first-order valence-corrected chi connectivity index (χ1v) is 14.6. The Morgan fingerprint density at radius 1 is 0.659 bits per heavy atom. The lowest BCUT2D eigenvalue weighted by Crippen LogP contribution is -2.54. The van der Waals surface area contributed by atoms with Crippen molar-refractivity contribution in [3.05, 3.63) is 120 Å². The first-order chi connectivity index (χ1) is 21.4. The van der Waals surface area contributed by atoms with Crippen LogP contribution in [0.2, 0.25) is 0 Å². The van der Waals surface area contributed by atoms with Gasteiger partial charge in [0, 0.05) is 6.42 Å². The highest BCUT2D eigenvalue weighted by Crippen LogP contribution is 2.17. The molecule has 2 amide bonds. The van der Waals surface area contributed by atoms with E-state index in [0.29, 0.717) is 6.54 Å². The predicted molar refractivity (Wildman–Crippen MR) is 167 cm³/mol. The highest BCUT2D eigenvalue weighted by molar-refractivity contribution is 5.94. The minimum atomic E-state index is -1.27. The Morgan fingerprint density at radius 2 is 1.27 bits per heavy atom. The fraction of sp³-hybridized carbons (Fsp3) is 0.257. The van der Waals surface area contributed by atoms with Crippen LogP contribution in [0.3, 0.4) is 0 Å². The maximum atomic E-state index is 13.6. The van der Waals surface area contributed by atoms with Gasteiger partial charge >= 0.3 is 11.9 Å². The largest absolute Gasteiger partial charge is 0.461 e. The minimum Gasteiger partial charge on any atom is -0.461 e. The average Bonchev–Trinajstić information content (AvgIpc) is 3.05. The van der Waals surface area contributed by atoms with Crippen molar-refractivity contribution in [2.75, 3.05) is 13.1 Å². The van der Waals surface area contributed by atoms with Crippen LogP contribution in [0, 0.1) is 0 Å². The third-order valence-corrected chi connectivity index (χ3v) is 6.88. The van der Waals surface area contributed by atoms with Gasteiger partial charge in [0.25, 0.3) is 0 Å². The summed E-state index contributed by atoms with van der Waals surface area (Å²) < 4.78 is 11.0. The summed E-state index contributed by atoms with van der Waals surface area (Å²) in [5, 5.41) is 10.3. The maximum Gasteiger partial charge on any atom is 0.329 e. The molecule has 9 nitrogen and oxygen atoms in total. The van der Waals surface area contributed by atoms with Crippen molar-refractivity contribution in [3.8, 4) is 0 Å². The monoisotopic (exact) mass is 595 g/mol. The van der Waals surface area contributed by atoms with Crippen LogP contribution in [0.1, 0.15) is 30.0 Å². The molecule has 3 N–H and O–H groups in total. The van der Waals surface area contributed by atoms with E-state index < -0.39 is 42.3 Å². The Bertz CT molecular complexity index is 1540. The van der Waals surface area contributed by atoms with Crippen LogP contribution in [-0.2, 0) is 48.3 Å². The van der Waals surface area contributed by atoms with Crippen LogP contribution in [0.5, 0.6) is 0 Å². The number of carbonyl (C=O) groups is 4. The molecule has 0 bridgehead atoms. The molecule has 0 aliphatic carbocycles. The van der Waals surface area contributed by atoms with E-state index in [-0.39, 0.29) is 26.2 Å². The second kappa shape index (κ2) is 16.6. The molecular weight excluding hydrogens is 558 g/mol. The molecule has 4 aromatic rings. The number of likely N-dealkylation sites (N-methyl/N-ethyl adjacent to an activating group) is 1. The number of nitrogens with one attached hydrogen (secondary N) is 3. The number of hydrogen-bond acceptors (Lipinski definition) is 7.